The molecule has 0 fully saturated rings. The molecule has 0 aliphatic carbocycles. The summed E-state index contributed by atoms with van der Waals surface area (Å²) in [5.41, 5.74) is 0. The minimum absolute atomic E-state index is 0.148. The molecule has 2 heteroatoms. The third-order valence-electron chi connectivity index (χ3n) is 1.49. The first-order valence-electron chi connectivity index (χ1n) is 3.96. The molecule has 1 aromatic rings. The van der Waals surface area contributed by atoms with Crippen molar-refractivity contribution in [3.05, 3.63) is 30.3 Å². The molecule has 1 rings (SSSR count). The second-order valence-electron chi connectivity index (χ2n) is 2.74. The molecule has 1 nitrogen and oxygen atoms in total. The van der Waals surface area contributed by atoms with Gasteiger partial charge in [0.2, 0.25) is 0 Å². The zero-order valence-corrected chi connectivity index (χ0v) is 7.88. The van der Waals surface area contributed by atoms with Crippen molar-refractivity contribution in [3.8, 4) is 0 Å². The van der Waals surface area contributed by atoms with Crippen LogP contribution in [0, 0.1) is 5.92 Å². The zero-order chi connectivity index (χ0) is 8.81. The van der Waals surface area contributed by atoms with E-state index in [1.807, 2.05) is 25.1 Å². The summed E-state index contributed by atoms with van der Waals surface area (Å²) in [6.07, 6.45) is 0.996. The Hall–Kier alpha value is -0.760. The molecule has 0 spiro atoms. The van der Waals surface area contributed by atoms with Gasteiger partial charge in [0.15, 0.2) is 0 Å². The number of benzene rings is 1. The van der Waals surface area contributed by atoms with Gasteiger partial charge in [-0.2, -0.15) is 0 Å². The molecular formula is C10H12OS. The molecule has 0 aliphatic heterocycles. The van der Waals surface area contributed by atoms with Gasteiger partial charge >= 0.3 is 0 Å². The Morgan fingerprint density at radius 2 is 2.08 bits per heavy atom. The fraction of sp³-hybridized carbons (Fsp3) is 0.300. The summed E-state index contributed by atoms with van der Waals surface area (Å²) < 4.78 is 0. The van der Waals surface area contributed by atoms with Crippen molar-refractivity contribution in [3.63, 3.8) is 0 Å². The average molecular weight is 180 g/mol. The predicted molar refractivity (Wildman–Crippen MR) is 52.4 cm³/mol. The highest BCUT2D eigenvalue weighted by atomic mass is 32.2. The Labute approximate surface area is 77.2 Å². The average Bonchev–Trinajstić information content (AvgIpc) is 2.16. The van der Waals surface area contributed by atoms with Crippen LogP contribution >= 0.6 is 11.8 Å². The van der Waals surface area contributed by atoms with E-state index in [2.05, 4.69) is 12.1 Å². The first-order valence-corrected chi connectivity index (χ1v) is 4.94. The summed E-state index contributed by atoms with van der Waals surface area (Å²) in [6, 6.07) is 10.1. The zero-order valence-electron chi connectivity index (χ0n) is 7.07. The maximum Gasteiger partial charge on any atom is 0.123 e. The summed E-state index contributed by atoms with van der Waals surface area (Å²) in [4.78, 5) is 11.5. The molecule has 64 valence electrons. The number of hydrogen-bond donors (Lipinski definition) is 0. The van der Waals surface area contributed by atoms with Gasteiger partial charge < -0.3 is 4.79 Å². The van der Waals surface area contributed by atoms with E-state index in [4.69, 9.17) is 0 Å². The summed E-state index contributed by atoms with van der Waals surface area (Å²) >= 11 is 1.72. The van der Waals surface area contributed by atoms with Crippen LogP contribution in [0.2, 0.25) is 0 Å². The SMILES string of the molecule is CC(C=O)CSc1ccccc1. The number of hydrogen-bond acceptors (Lipinski definition) is 2. The third-order valence-corrected chi connectivity index (χ3v) is 2.79. The van der Waals surface area contributed by atoms with Gasteiger partial charge in [0.1, 0.15) is 6.29 Å². The molecule has 12 heavy (non-hydrogen) atoms. The molecule has 1 atom stereocenters. The molecule has 0 radical (unpaired) electrons. The molecule has 0 heterocycles. The molecule has 0 amide bonds. The number of rotatable bonds is 4. The topological polar surface area (TPSA) is 17.1 Å². The Morgan fingerprint density at radius 3 is 2.67 bits per heavy atom. The summed E-state index contributed by atoms with van der Waals surface area (Å²) in [6.45, 7) is 1.93. The van der Waals surface area contributed by atoms with Crippen molar-refractivity contribution < 1.29 is 4.79 Å². The van der Waals surface area contributed by atoms with Crippen molar-refractivity contribution in [2.75, 3.05) is 5.75 Å². The minimum atomic E-state index is 0.148. The van der Waals surface area contributed by atoms with E-state index in [9.17, 15) is 4.79 Å². The summed E-state index contributed by atoms with van der Waals surface area (Å²) in [5, 5.41) is 0. The van der Waals surface area contributed by atoms with Gasteiger partial charge in [-0.1, -0.05) is 25.1 Å². The smallest absolute Gasteiger partial charge is 0.123 e. The van der Waals surface area contributed by atoms with Gasteiger partial charge in [-0.25, -0.2) is 0 Å². The summed E-state index contributed by atoms with van der Waals surface area (Å²) in [7, 11) is 0. The normalized spacial score (nSPS) is 12.4. The van der Waals surface area contributed by atoms with E-state index in [0.717, 1.165) is 12.0 Å². The van der Waals surface area contributed by atoms with E-state index < -0.39 is 0 Å². The van der Waals surface area contributed by atoms with Crippen LogP contribution < -0.4 is 0 Å². The molecule has 1 aromatic carbocycles. The van der Waals surface area contributed by atoms with Crippen LogP contribution in [-0.4, -0.2) is 12.0 Å². The fourth-order valence-electron chi connectivity index (χ4n) is 0.784. The second-order valence-corrected chi connectivity index (χ2v) is 3.83. The van der Waals surface area contributed by atoms with Gasteiger partial charge in [0.05, 0.1) is 0 Å². The highest BCUT2D eigenvalue weighted by molar-refractivity contribution is 7.99. The Morgan fingerprint density at radius 1 is 1.42 bits per heavy atom. The number of aldehydes is 1. The first-order chi connectivity index (χ1) is 5.83. The minimum Gasteiger partial charge on any atom is -0.303 e. The van der Waals surface area contributed by atoms with E-state index >= 15 is 0 Å². The van der Waals surface area contributed by atoms with Crippen molar-refractivity contribution in [2.45, 2.75) is 11.8 Å². The van der Waals surface area contributed by atoms with Crippen molar-refractivity contribution in [2.24, 2.45) is 5.92 Å². The molecular weight excluding hydrogens is 168 g/mol. The molecule has 0 N–H and O–H groups in total. The second kappa shape index (κ2) is 4.99. The maximum absolute atomic E-state index is 10.3. The maximum atomic E-state index is 10.3. The van der Waals surface area contributed by atoms with Gasteiger partial charge in [-0.3, -0.25) is 0 Å². The van der Waals surface area contributed by atoms with Crippen molar-refractivity contribution >= 4 is 18.0 Å². The van der Waals surface area contributed by atoms with E-state index in [1.54, 1.807) is 11.8 Å². The molecule has 0 aliphatic rings. The van der Waals surface area contributed by atoms with Gasteiger partial charge in [-0.15, -0.1) is 11.8 Å². The number of carbonyl (C=O) groups is 1. The lowest BCUT2D eigenvalue weighted by Crippen LogP contribution is -1.98. The predicted octanol–water partition coefficient (Wildman–Crippen LogP) is 2.61. The lowest BCUT2D eigenvalue weighted by Gasteiger charge is -2.02. The Bertz CT molecular complexity index is 233. The standard InChI is InChI=1S/C10H12OS/c1-9(7-11)8-12-10-5-3-2-4-6-10/h2-7,9H,8H2,1H3. The van der Waals surface area contributed by atoms with Crippen LogP contribution in [0.5, 0.6) is 0 Å². The van der Waals surface area contributed by atoms with Crippen LogP contribution in [0.1, 0.15) is 6.92 Å². The van der Waals surface area contributed by atoms with E-state index in [0.29, 0.717) is 0 Å². The molecule has 1 unspecified atom stereocenters. The summed E-state index contributed by atoms with van der Waals surface area (Å²) in [5.74, 6) is 1.02. The third kappa shape index (κ3) is 3.09. The molecule has 0 saturated heterocycles. The molecule has 0 saturated carbocycles. The Kier molecular flexibility index (Phi) is 3.88. The van der Waals surface area contributed by atoms with E-state index in [-0.39, 0.29) is 5.92 Å². The molecule has 0 aromatic heterocycles. The fourth-order valence-corrected chi connectivity index (χ4v) is 1.67. The number of thioether (sulfide) groups is 1. The lowest BCUT2D eigenvalue weighted by molar-refractivity contribution is -0.110. The van der Waals surface area contributed by atoms with Gasteiger partial charge in [0.25, 0.3) is 0 Å². The van der Waals surface area contributed by atoms with Crippen molar-refractivity contribution in [1.29, 1.82) is 0 Å². The quantitative estimate of drug-likeness (QED) is 0.523. The lowest BCUT2D eigenvalue weighted by atomic mass is 10.3. The first kappa shape index (κ1) is 9.33. The highest BCUT2D eigenvalue weighted by Gasteiger charge is 1.99. The van der Waals surface area contributed by atoms with Crippen molar-refractivity contribution in [1.82, 2.24) is 0 Å². The Balaban J connectivity index is 2.38. The van der Waals surface area contributed by atoms with Crippen LogP contribution in [0.15, 0.2) is 35.2 Å². The van der Waals surface area contributed by atoms with Gasteiger partial charge in [0, 0.05) is 16.6 Å². The van der Waals surface area contributed by atoms with Crippen LogP contribution in [0.25, 0.3) is 0 Å². The number of carbonyl (C=O) groups excluding carboxylic acids is 1. The van der Waals surface area contributed by atoms with Crippen LogP contribution in [0.3, 0.4) is 0 Å². The monoisotopic (exact) mass is 180 g/mol. The highest BCUT2D eigenvalue weighted by Crippen LogP contribution is 2.18. The van der Waals surface area contributed by atoms with Gasteiger partial charge in [-0.05, 0) is 12.1 Å². The van der Waals surface area contributed by atoms with Crippen LogP contribution in [0.4, 0.5) is 0 Å². The largest absolute Gasteiger partial charge is 0.303 e. The van der Waals surface area contributed by atoms with E-state index in [1.165, 1.54) is 4.90 Å². The van der Waals surface area contributed by atoms with Crippen LogP contribution in [-0.2, 0) is 4.79 Å². The molecule has 0 bridgehead atoms.